The van der Waals surface area contributed by atoms with Crippen LogP contribution in [0.4, 0.5) is 4.79 Å². The highest BCUT2D eigenvalue weighted by molar-refractivity contribution is 6.22. The number of carbonyl (C=O) groups is 2. The molecule has 7 nitrogen and oxygen atoms in total. The van der Waals surface area contributed by atoms with Crippen LogP contribution in [-0.2, 0) is 4.79 Å². The van der Waals surface area contributed by atoms with Gasteiger partial charge in [-0.1, -0.05) is 24.6 Å². The molecule has 1 fully saturated rings. The van der Waals surface area contributed by atoms with Crippen molar-refractivity contribution in [3.05, 3.63) is 12.7 Å². The van der Waals surface area contributed by atoms with E-state index in [0.29, 0.717) is 18.3 Å². The average Bonchev–Trinajstić information content (AvgIpc) is 2.82. The standard InChI is InChI=1S/C14H21N5O2/c1-6-8-19-10-11(16-13(19)15-9(3)7-2)17(4)14(21)18(5)12(10)20/h6,9-10H,1,7-8H2,2-5H3/p+1. The van der Waals surface area contributed by atoms with E-state index in [1.165, 1.54) is 11.9 Å². The molecule has 2 aliphatic rings. The fourth-order valence-electron chi connectivity index (χ4n) is 2.37. The number of guanidine groups is 1. The number of hydrogen-bond acceptors (Lipinski definition) is 4. The van der Waals surface area contributed by atoms with Gasteiger partial charge in [-0.05, 0) is 13.3 Å². The number of hydrogen-bond donors (Lipinski definition) is 1. The summed E-state index contributed by atoms with van der Waals surface area (Å²) in [6.07, 6.45) is 2.66. The summed E-state index contributed by atoms with van der Waals surface area (Å²) in [5.41, 5.74) is 0. The molecular formula is C14H22N5O2+. The zero-order valence-electron chi connectivity index (χ0n) is 13.0. The van der Waals surface area contributed by atoms with Crippen LogP contribution in [0.3, 0.4) is 0 Å². The van der Waals surface area contributed by atoms with Crippen molar-refractivity contribution < 1.29 is 14.2 Å². The maximum Gasteiger partial charge on any atom is 0.390 e. The number of likely N-dealkylation sites (N-methyl/N-ethyl adjacent to an activating group) is 2. The third-order valence-electron chi connectivity index (χ3n) is 3.84. The number of urea groups is 1. The summed E-state index contributed by atoms with van der Waals surface area (Å²) >= 11 is 0. The Labute approximate surface area is 124 Å². The summed E-state index contributed by atoms with van der Waals surface area (Å²) in [6, 6.07) is -0.703. The van der Waals surface area contributed by atoms with Crippen molar-refractivity contribution in [2.75, 3.05) is 20.6 Å². The second-order valence-electron chi connectivity index (χ2n) is 5.33. The molecule has 0 aromatic rings. The van der Waals surface area contributed by atoms with Crippen molar-refractivity contribution in [1.29, 1.82) is 0 Å². The number of fused-ring (bicyclic) bond motifs is 1. The summed E-state index contributed by atoms with van der Waals surface area (Å²) < 4.78 is 1.84. The van der Waals surface area contributed by atoms with Gasteiger partial charge >= 0.3 is 12.0 Å². The van der Waals surface area contributed by atoms with E-state index >= 15 is 0 Å². The number of imide groups is 1. The summed E-state index contributed by atoms with van der Waals surface area (Å²) in [4.78, 5) is 31.5. The van der Waals surface area contributed by atoms with Crippen molar-refractivity contribution in [2.45, 2.75) is 32.4 Å². The number of carbonyl (C=O) groups excluding carboxylic acids is 2. The predicted molar refractivity (Wildman–Crippen MR) is 80.4 cm³/mol. The van der Waals surface area contributed by atoms with Crippen molar-refractivity contribution in [3.8, 4) is 0 Å². The molecule has 1 saturated heterocycles. The molecule has 2 atom stereocenters. The molecule has 0 spiro atoms. The maximum absolute atomic E-state index is 12.4. The van der Waals surface area contributed by atoms with Gasteiger partial charge in [0, 0.05) is 14.1 Å². The predicted octanol–water partition coefficient (Wildman–Crippen LogP) is 0.234. The lowest BCUT2D eigenvalue weighted by atomic mass is 10.1. The van der Waals surface area contributed by atoms with E-state index < -0.39 is 6.04 Å². The summed E-state index contributed by atoms with van der Waals surface area (Å²) in [5, 5.41) is 3.29. The van der Waals surface area contributed by atoms with E-state index in [1.54, 1.807) is 13.1 Å². The van der Waals surface area contributed by atoms with Gasteiger partial charge in [-0.3, -0.25) is 19.9 Å². The minimum absolute atomic E-state index is 0.227. The number of rotatable bonds is 4. The molecule has 0 aromatic carbocycles. The van der Waals surface area contributed by atoms with Crippen LogP contribution in [0.2, 0.25) is 0 Å². The molecule has 2 rings (SSSR count). The van der Waals surface area contributed by atoms with Gasteiger partial charge in [0.25, 0.3) is 5.91 Å². The second kappa shape index (κ2) is 5.67. The molecule has 7 heteroatoms. The summed E-state index contributed by atoms with van der Waals surface area (Å²) in [7, 11) is 3.12. The Morgan fingerprint density at radius 1 is 1.43 bits per heavy atom. The number of amides is 3. The van der Waals surface area contributed by atoms with Crippen LogP contribution in [-0.4, -0.2) is 70.8 Å². The third kappa shape index (κ3) is 2.43. The van der Waals surface area contributed by atoms with Gasteiger partial charge in [-0.25, -0.2) is 9.37 Å². The Balaban J connectivity index is 2.43. The Bertz CT molecular complexity index is 552. The van der Waals surface area contributed by atoms with Crippen molar-refractivity contribution >= 4 is 23.7 Å². The van der Waals surface area contributed by atoms with Crippen LogP contribution in [0.25, 0.3) is 0 Å². The molecule has 3 amide bonds. The quantitative estimate of drug-likeness (QED) is 0.596. The van der Waals surface area contributed by atoms with Crippen molar-refractivity contribution in [3.63, 3.8) is 0 Å². The molecular weight excluding hydrogens is 270 g/mol. The van der Waals surface area contributed by atoms with E-state index in [4.69, 9.17) is 0 Å². The molecule has 2 unspecified atom stereocenters. The number of amidine groups is 1. The van der Waals surface area contributed by atoms with Gasteiger partial charge in [0.05, 0.1) is 12.6 Å². The summed E-state index contributed by atoms with van der Waals surface area (Å²) in [5.74, 6) is 0.822. The smallest absolute Gasteiger partial charge is 0.272 e. The third-order valence-corrected chi connectivity index (χ3v) is 3.84. The molecule has 0 aromatic heterocycles. The van der Waals surface area contributed by atoms with Crippen LogP contribution in [0.15, 0.2) is 17.6 Å². The molecule has 2 heterocycles. The molecule has 1 N–H and O–H groups in total. The Morgan fingerprint density at radius 3 is 2.67 bits per heavy atom. The van der Waals surface area contributed by atoms with Crippen molar-refractivity contribution in [2.24, 2.45) is 4.99 Å². The highest BCUT2D eigenvalue weighted by Crippen LogP contribution is 2.18. The van der Waals surface area contributed by atoms with Crippen LogP contribution in [0, 0.1) is 0 Å². The second-order valence-corrected chi connectivity index (χ2v) is 5.33. The maximum atomic E-state index is 12.4. The van der Waals surface area contributed by atoms with E-state index in [1.807, 2.05) is 11.5 Å². The normalized spacial score (nSPS) is 23.2. The van der Waals surface area contributed by atoms with Crippen LogP contribution in [0.5, 0.6) is 0 Å². The van der Waals surface area contributed by atoms with Crippen LogP contribution in [0.1, 0.15) is 20.3 Å². The van der Waals surface area contributed by atoms with E-state index in [0.717, 1.165) is 11.3 Å². The fraction of sp³-hybridized carbons (Fsp3) is 0.571. The molecule has 0 aliphatic carbocycles. The lowest BCUT2D eigenvalue weighted by Crippen LogP contribution is -2.61. The molecule has 21 heavy (non-hydrogen) atoms. The average molecular weight is 292 g/mol. The Kier molecular flexibility index (Phi) is 4.11. The van der Waals surface area contributed by atoms with Crippen LogP contribution < -0.4 is 5.32 Å². The van der Waals surface area contributed by atoms with Gasteiger partial charge in [0.2, 0.25) is 11.9 Å². The number of aliphatic imine (C=N–C) groups is 1. The first-order chi connectivity index (χ1) is 9.92. The molecule has 0 radical (unpaired) electrons. The molecule has 2 aliphatic heterocycles. The highest BCUT2D eigenvalue weighted by atomic mass is 16.2. The van der Waals surface area contributed by atoms with Crippen molar-refractivity contribution in [1.82, 2.24) is 15.1 Å². The first kappa shape index (κ1) is 15.2. The zero-order valence-corrected chi connectivity index (χ0v) is 13.0. The minimum atomic E-state index is -0.567. The Morgan fingerprint density at radius 2 is 2.10 bits per heavy atom. The lowest BCUT2D eigenvalue weighted by molar-refractivity contribution is -0.527. The van der Waals surface area contributed by atoms with Gasteiger partial charge in [0.1, 0.15) is 0 Å². The first-order valence-electron chi connectivity index (χ1n) is 7.07. The summed E-state index contributed by atoms with van der Waals surface area (Å²) in [6.45, 7) is 8.33. The van der Waals surface area contributed by atoms with Gasteiger partial charge in [-0.15, -0.1) is 0 Å². The minimum Gasteiger partial charge on any atom is -0.272 e. The topological polar surface area (TPSA) is 68.0 Å². The van der Waals surface area contributed by atoms with Gasteiger partial charge < -0.3 is 0 Å². The van der Waals surface area contributed by atoms with Crippen LogP contribution >= 0.6 is 0 Å². The number of nitrogens with one attached hydrogen (secondary N) is 1. The zero-order chi connectivity index (χ0) is 15.7. The van der Waals surface area contributed by atoms with Gasteiger partial charge in [-0.2, -0.15) is 0 Å². The molecule has 114 valence electrons. The van der Waals surface area contributed by atoms with E-state index in [2.05, 4.69) is 23.8 Å². The SMILES string of the molecule is C=CC[N+]1=C(NC(C)CC)N=C2C1C(=O)N(C)C(=O)N2C. The molecule has 0 bridgehead atoms. The Hall–Kier alpha value is -2.18. The largest absolute Gasteiger partial charge is 0.390 e. The van der Waals surface area contributed by atoms with Gasteiger partial charge in [0.15, 0.2) is 0 Å². The number of nitrogens with zero attached hydrogens (tertiary/aromatic N) is 4. The fourth-order valence-corrected chi connectivity index (χ4v) is 2.37. The monoisotopic (exact) mass is 292 g/mol. The molecule has 0 saturated carbocycles. The van der Waals surface area contributed by atoms with E-state index in [-0.39, 0.29) is 18.0 Å². The first-order valence-corrected chi connectivity index (χ1v) is 7.07. The van der Waals surface area contributed by atoms with E-state index in [9.17, 15) is 9.59 Å². The lowest BCUT2D eigenvalue weighted by Gasteiger charge is -2.31. The highest BCUT2D eigenvalue weighted by Gasteiger charge is 2.51.